The molecule has 0 bridgehead atoms. The van der Waals surface area contributed by atoms with Gasteiger partial charge in [-0.05, 0) is 65.2 Å². The zero-order valence-electron chi connectivity index (χ0n) is 16.4. The fourth-order valence-electron chi connectivity index (χ4n) is 5.01. The summed E-state index contributed by atoms with van der Waals surface area (Å²) >= 11 is 1.48. The maximum atomic E-state index is 13.8. The summed E-state index contributed by atoms with van der Waals surface area (Å²) in [7, 11) is 0. The molecular formula is C21H26FN3OS. The predicted octanol–water partition coefficient (Wildman–Crippen LogP) is 4.56. The molecule has 0 radical (unpaired) electrons. The maximum absolute atomic E-state index is 13.8. The first-order chi connectivity index (χ1) is 12.7. The van der Waals surface area contributed by atoms with Gasteiger partial charge >= 0.3 is 0 Å². The minimum Gasteiger partial charge on any atom is -0.364 e. The highest BCUT2D eigenvalue weighted by Crippen LogP contribution is 2.47. The first kappa shape index (κ1) is 18.4. The van der Waals surface area contributed by atoms with Gasteiger partial charge in [0.05, 0.1) is 16.2 Å². The second-order valence-corrected chi connectivity index (χ2v) is 9.69. The van der Waals surface area contributed by atoms with Crippen molar-refractivity contribution in [2.75, 3.05) is 18.0 Å². The van der Waals surface area contributed by atoms with Crippen molar-refractivity contribution in [3.05, 3.63) is 45.7 Å². The molecule has 1 amide bonds. The van der Waals surface area contributed by atoms with Crippen molar-refractivity contribution in [1.29, 1.82) is 0 Å². The highest BCUT2D eigenvalue weighted by molar-refractivity contribution is 7.13. The van der Waals surface area contributed by atoms with Crippen molar-refractivity contribution >= 4 is 22.9 Å². The number of amides is 1. The zero-order valence-corrected chi connectivity index (χ0v) is 17.2. The molecule has 3 heterocycles. The summed E-state index contributed by atoms with van der Waals surface area (Å²) in [6.07, 6.45) is 2.89. The lowest BCUT2D eigenvalue weighted by Crippen LogP contribution is -2.49. The highest BCUT2D eigenvalue weighted by atomic mass is 32.1. The smallest absolute Gasteiger partial charge is 0.266 e. The van der Waals surface area contributed by atoms with E-state index in [1.54, 1.807) is 12.1 Å². The SMILES string of the molecule is Cc1nc(C)c(C(=O)N2CCCC23CN(c2cccc(F)c2)C(C)(C)C3)s1. The Hall–Kier alpha value is -1.95. The molecule has 144 valence electrons. The summed E-state index contributed by atoms with van der Waals surface area (Å²) in [5.41, 5.74) is 1.37. The van der Waals surface area contributed by atoms with Gasteiger partial charge < -0.3 is 9.80 Å². The minimum absolute atomic E-state index is 0.104. The number of benzene rings is 1. The van der Waals surface area contributed by atoms with E-state index in [2.05, 4.69) is 28.6 Å². The van der Waals surface area contributed by atoms with Crippen molar-refractivity contribution < 1.29 is 9.18 Å². The number of carbonyl (C=O) groups excluding carboxylic acids is 1. The summed E-state index contributed by atoms with van der Waals surface area (Å²) < 4.78 is 13.8. The van der Waals surface area contributed by atoms with Gasteiger partial charge in [-0.2, -0.15) is 0 Å². The third-order valence-electron chi connectivity index (χ3n) is 6.00. The third kappa shape index (κ3) is 3.04. The van der Waals surface area contributed by atoms with E-state index in [0.717, 1.165) is 53.6 Å². The Kier molecular flexibility index (Phi) is 4.29. The molecule has 4 nitrogen and oxygen atoms in total. The molecule has 2 fully saturated rings. The molecular weight excluding hydrogens is 361 g/mol. The summed E-state index contributed by atoms with van der Waals surface area (Å²) in [6.45, 7) is 9.76. The number of thiazole rings is 1. The van der Waals surface area contributed by atoms with Crippen molar-refractivity contribution in [3.8, 4) is 0 Å². The molecule has 1 atom stereocenters. The molecule has 1 unspecified atom stereocenters. The topological polar surface area (TPSA) is 36.4 Å². The van der Waals surface area contributed by atoms with E-state index >= 15 is 0 Å². The van der Waals surface area contributed by atoms with Crippen LogP contribution in [0, 0.1) is 19.7 Å². The average molecular weight is 388 g/mol. The molecule has 0 saturated carbocycles. The number of nitrogens with zero attached hydrogens (tertiary/aromatic N) is 3. The van der Waals surface area contributed by atoms with Crippen LogP contribution in [0.3, 0.4) is 0 Å². The Labute approximate surface area is 164 Å². The molecule has 2 aromatic rings. The lowest BCUT2D eigenvalue weighted by Gasteiger charge is -2.35. The van der Waals surface area contributed by atoms with Gasteiger partial charge in [0.25, 0.3) is 5.91 Å². The number of hydrogen-bond acceptors (Lipinski definition) is 4. The third-order valence-corrected chi connectivity index (χ3v) is 7.06. The van der Waals surface area contributed by atoms with Crippen LogP contribution in [0.2, 0.25) is 0 Å². The van der Waals surface area contributed by atoms with Gasteiger partial charge in [0, 0.05) is 24.3 Å². The molecule has 27 heavy (non-hydrogen) atoms. The summed E-state index contributed by atoms with van der Waals surface area (Å²) in [6, 6.07) is 6.79. The van der Waals surface area contributed by atoms with Crippen LogP contribution in [0.4, 0.5) is 10.1 Å². The molecule has 0 N–H and O–H groups in total. The molecule has 2 aliphatic heterocycles. The number of hydrogen-bond donors (Lipinski definition) is 0. The lowest BCUT2D eigenvalue weighted by molar-refractivity contribution is 0.0621. The number of carbonyl (C=O) groups is 1. The van der Waals surface area contributed by atoms with Crippen LogP contribution in [-0.2, 0) is 0 Å². The Balaban J connectivity index is 1.68. The summed E-state index contributed by atoms with van der Waals surface area (Å²) in [5, 5.41) is 0.928. The quantitative estimate of drug-likeness (QED) is 0.758. The second kappa shape index (κ2) is 6.30. The number of likely N-dealkylation sites (tertiary alicyclic amines) is 1. The van der Waals surface area contributed by atoms with Crippen LogP contribution in [0.1, 0.15) is 53.5 Å². The Morgan fingerprint density at radius 1 is 1.30 bits per heavy atom. The number of aromatic nitrogens is 1. The Bertz CT molecular complexity index is 893. The van der Waals surface area contributed by atoms with E-state index in [9.17, 15) is 9.18 Å². The maximum Gasteiger partial charge on any atom is 0.266 e. The van der Waals surface area contributed by atoms with Crippen molar-refractivity contribution in [3.63, 3.8) is 0 Å². The van der Waals surface area contributed by atoms with Crippen LogP contribution < -0.4 is 4.90 Å². The molecule has 2 saturated heterocycles. The molecule has 1 spiro atoms. The van der Waals surface area contributed by atoms with E-state index in [-0.39, 0.29) is 22.8 Å². The second-order valence-electron chi connectivity index (χ2n) is 8.49. The molecule has 6 heteroatoms. The van der Waals surface area contributed by atoms with E-state index in [4.69, 9.17) is 0 Å². The molecule has 1 aromatic heterocycles. The standard InChI is InChI=1S/C21H26FN3OS/c1-14-18(27-15(2)23-14)19(26)24-10-6-9-21(24)12-20(3,4)25(13-21)17-8-5-7-16(22)11-17/h5,7-8,11H,6,9-10,12-13H2,1-4H3. The molecule has 4 rings (SSSR count). The van der Waals surface area contributed by atoms with Crippen LogP contribution in [0.15, 0.2) is 24.3 Å². The van der Waals surface area contributed by atoms with Crippen LogP contribution >= 0.6 is 11.3 Å². The van der Waals surface area contributed by atoms with Gasteiger partial charge in [0.1, 0.15) is 10.7 Å². The van der Waals surface area contributed by atoms with E-state index in [1.807, 2.05) is 19.9 Å². The largest absolute Gasteiger partial charge is 0.364 e. The fourth-order valence-corrected chi connectivity index (χ4v) is 5.87. The highest BCUT2D eigenvalue weighted by Gasteiger charge is 2.55. The van der Waals surface area contributed by atoms with Gasteiger partial charge in [-0.1, -0.05) is 6.07 Å². The van der Waals surface area contributed by atoms with Gasteiger partial charge in [0.2, 0.25) is 0 Å². The lowest BCUT2D eigenvalue weighted by atomic mass is 9.87. The van der Waals surface area contributed by atoms with Gasteiger partial charge in [-0.3, -0.25) is 4.79 Å². The molecule has 2 aliphatic rings. The molecule has 1 aromatic carbocycles. The zero-order chi connectivity index (χ0) is 19.4. The number of halogens is 1. The fraction of sp³-hybridized carbons (Fsp3) is 0.524. The number of rotatable bonds is 2. The van der Waals surface area contributed by atoms with Crippen molar-refractivity contribution in [2.24, 2.45) is 0 Å². The van der Waals surface area contributed by atoms with E-state index in [0.29, 0.717) is 0 Å². The average Bonchev–Trinajstić information content (AvgIpc) is 3.22. The van der Waals surface area contributed by atoms with Crippen LogP contribution in [-0.4, -0.2) is 40.0 Å². The van der Waals surface area contributed by atoms with Crippen LogP contribution in [0.25, 0.3) is 0 Å². The summed E-state index contributed by atoms with van der Waals surface area (Å²) in [4.78, 5) is 22.9. The van der Waals surface area contributed by atoms with Gasteiger partial charge in [-0.15, -0.1) is 11.3 Å². The van der Waals surface area contributed by atoms with E-state index in [1.165, 1.54) is 17.4 Å². The van der Waals surface area contributed by atoms with Gasteiger partial charge in [-0.25, -0.2) is 9.37 Å². The van der Waals surface area contributed by atoms with Crippen LogP contribution in [0.5, 0.6) is 0 Å². The number of aryl methyl sites for hydroxylation is 2. The first-order valence-corrected chi connectivity index (χ1v) is 10.3. The Morgan fingerprint density at radius 2 is 2.07 bits per heavy atom. The minimum atomic E-state index is -0.223. The molecule has 0 aliphatic carbocycles. The number of anilines is 1. The normalized spacial score (nSPS) is 24.2. The Morgan fingerprint density at radius 3 is 2.74 bits per heavy atom. The van der Waals surface area contributed by atoms with E-state index < -0.39 is 0 Å². The summed E-state index contributed by atoms with van der Waals surface area (Å²) in [5.74, 6) is -0.119. The van der Waals surface area contributed by atoms with Gasteiger partial charge in [0.15, 0.2) is 0 Å². The first-order valence-electron chi connectivity index (χ1n) is 9.51. The monoisotopic (exact) mass is 387 g/mol. The predicted molar refractivity (Wildman–Crippen MR) is 107 cm³/mol. The van der Waals surface area contributed by atoms with Crippen molar-refractivity contribution in [2.45, 2.75) is 58.0 Å². The van der Waals surface area contributed by atoms with Crippen molar-refractivity contribution in [1.82, 2.24) is 9.88 Å².